The maximum absolute atomic E-state index is 7.39. The number of benzene rings is 10. The van der Waals surface area contributed by atoms with Crippen LogP contribution in [0.15, 0.2) is 217 Å². The van der Waals surface area contributed by atoms with Crippen LogP contribution in [0.25, 0.3) is 87.0 Å². The molecule has 0 N–H and O–H groups in total. The Morgan fingerprint density at radius 1 is 0.449 bits per heavy atom. The standard InChI is InChI=1S/C73H59BN2OS/c1-71(2,3)47-32-35-49(36-33-47)76-60-43-65-53(51-29-19-21-31-64(51)78-65)39-55(60)67-68-54(50-28-18-20-30-57(50)73(68,7)8)40-62-69(67)74(76)58-42-63-56(66(45-24-14-10-15-25-45)70(77-63)46-26-16-11-17-27-46)41-61(58)75(62)59-37-34-48(72(4,5)6)38-52(59)44-22-12-9-13-23-44/h9-43H,1-8H3. The topological polar surface area (TPSA) is 19.6 Å². The van der Waals surface area contributed by atoms with E-state index in [1.165, 1.54) is 98.1 Å². The minimum atomic E-state index is -0.310. The first kappa shape index (κ1) is 46.9. The molecule has 2 aromatic heterocycles. The van der Waals surface area contributed by atoms with E-state index >= 15 is 0 Å². The summed E-state index contributed by atoms with van der Waals surface area (Å²) in [5.74, 6) is 0.872. The second-order valence-corrected chi connectivity index (χ2v) is 25.5. The Hall–Kier alpha value is -8.38. The predicted octanol–water partition coefficient (Wildman–Crippen LogP) is 19.4. The summed E-state index contributed by atoms with van der Waals surface area (Å²) in [6.45, 7) is 18.6. The lowest BCUT2D eigenvalue weighted by Crippen LogP contribution is -2.62. The van der Waals surface area contributed by atoms with Gasteiger partial charge in [0.15, 0.2) is 0 Å². The number of anilines is 5. The van der Waals surface area contributed by atoms with Crippen LogP contribution < -0.4 is 20.6 Å². The molecule has 0 atom stereocenters. The van der Waals surface area contributed by atoms with Gasteiger partial charge in [-0.25, -0.2) is 0 Å². The second kappa shape index (κ2) is 16.8. The van der Waals surface area contributed by atoms with Gasteiger partial charge in [-0.2, -0.15) is 0 Å². The molecule has 10 aromatic carbocycles. The van der Waals surface area contributed by atoms with Crippen LogP contribution in [0.2, 0.25) is 0 Å². The summed E-state index contributed by atoms with van der Waals surface area (Å²) >= 11 is 1.90. The lowest BCUT2D eigenvalue weighted by atomic mass is 9.42. The minimum Gasteiger partial charge on any atom is -0.455 e. The monoisotopic (exact) mass is 1020 g/mol. The number of hydrogen-bond donors (Lipinski definition) is 0. The molecule has 0 saturated carbocycles. The van der Waals surface area contributed by atoms with Crippen molar-refractivity contribution in [2.24, 2.45) is 0 Å². The fourth-order valence-corrected chi connectivity index (χ4v) is 14.6. The highest BCUT2D eigenvalue weighted by Gasteiger charge is 2.51. The molecule has 3 nitrogen and oxygen atoms in total. The van der Waals surface area contributed by atoms with Crippen molar-refractivity contribution in [2.75, 3.05) is 9.71 Å². The van der Waals surface area contributed by atoms with Crippen LogP contribution in [0.5, 0.6) is 0 Å². The number of rotatable bonds is 5. The average molecular weight is 1020 g/mol. The van der Waals surface area contributed by atoms with Crippen LogP contribution in [0.3, 0.4) is 0 Å². The Morgan fingerprint density at radius 2 is 1.09 bits per heavy atom. The summed E-state index contributed by atoms with van der Waals surface area (Å²) in [6.07, 6.45) is 0. The molecule has 4 heterocycles. The van der Waals surface area contributed by atoms with Crippen molar-refractivity contribution >= 4 is 88.7 Å². The van der Waals surface area contributed by atoms with Crippen LogP contribution in [-0.2, 0) is 16.2 Å². The van der Waals surface area contributed by atoms with Gasteiger partial charge in [0.1, 0.15) is 11.3 Å². The Morgan fingerprint density at radius 3 is 1.81 bits per heavy atom. The van der Waals surface area contributed by atoms with Crippen molar-refractivity contribution in [3.63, 3.8) is 0 Å². The zero-order chi connectivity index (χ0) is 53.0. The van der Waals surface area contributed by atoms with Gasteiger partial charge in [0.2, 0.25) is 0 Å². The van der Waals surface area contributed by atoms with Crippen LogP contribution in [0.1, 0.15) is 77.6 Å². The third-order valence-corrected chi connectivity index (χ3v) is 18.5. The van der Waals surface area contributed by atoms with Crippen LogP contribution >= 0.6 is 11.3 Å². The first-order chi connectivity index (χ1) is 37.7. The second-order valence-electron chi connectivity index (χ2n) is 24.4. The Balaban J connectivity index is 1.15. The number of furan rings is 1. The zero-order valence-electron chi connectivity index (χ0n) is 45.5. The zero-order valence-corrected chi connectivity index (χ0v) is 46.3. The van der Waals surface area contributed by atoms with Gasteiger partial charge in [-0.15, -0.1) is 11.3 Å². The maximum atomic E-state index is 7.39. The quantitative estimate of drug-likeness (QED) is 0.160. The molecular weight excluding hydrogens is 964 g/mol. The van der Waals surface area contributed by atoms with Crippen molar-refractivity contribution in [2.45, 2.75) is 71.6 Å². The van der Waals surface area contributed by atoms with Crippen LogP contribution in [-0.4, -0.2) is 6.85 Å². The van der Waals surface area contributed by atoms with E-state index in [4.69, 9.17) is 4.42 Å². The summed E-state index contributed by atoms with van der Waals surface area (Å²) < 4.78 is 9.98. The fraction of sp³-hybridized carbons (Fsp3) is 0.151. The largest absolute Gasteiger partial charge is 0.455 e. The van der Waals surface area contributed by atoms with Gasteiger partial charge in [-0.1, -0.05) is 207 Å². The molecule has 0 fully saturated rings. The van der Waals surface area contributed by atoms with Crippen molar-refractivity contribution in [3.05, 3.63) is 235 Å². The summed E-state index contributed by atoms with van der Waals surface area (Å²) in [5, 5.41) is 3.68. The number of fused-ring (bicyclic) bond motifs is 12. The molecule has 0 radical (unpaired) electrons. The smallest absolute Gasteiger partial charge is 0.333 e. The molecule has 2 aliphatic heterocycles. The lowest BCUT2D eigenvalue weighted by molar-refractivity contribution is 0.590. The normalized spacial score (nSPS) is 14.2. The molecule has 5 heteroatoms. The van der Waals surface area contributed by atoms with Gasteiger partial charge in [0.05, 0.1) is 5.69 Å². The molecule has 0 unspecified atom stereocenters. The minimum absolute atomic E-state index is 0.0166. The van der Waals surface area contributed by atoms with Gasteiger partial charge in [-0.05, 0) is 132 Å². The highest BCUT2D eigenvalue weighted by molar-refractivity contribution is 7.25. The molecule has 3 aliphatic rings. The third kappa shape index (κ3) is 6.90. The maximum Gasteiger partial charge on any atom is 0.333 e. The highest BCUT2D eigenvalue weighted by Crippen LogP contribution is 2.59. The summed E-state index contributed by atoms with van der Waals surface area (Å²) in [7, 11) is 0. The average Bonchev–Trinajstić information content (AvgIpc) is 4.13. The molecule has 0 amide bonds. The molecule has 0 saturated heterocycles. The first-order valence-corrected chi connectivity index (χ1v) is 28.4. The fourth-order valence-electron chi connectivity index (χ4n) is 13.5. The van der Waals surface area contributed by atoms with E-state index in [1.54, 1.807) is 0 Å². The van der Waals surface area contributed by atoms with Crippen LogP contribution in [0, 0.1) is 0 Å². The Labute approximate surface area is 462 Å². The summed E-state index contributed by atoms with van der Waals surface area (Å²) in [4.78, 5) is 5.35. The predicted molar refractivity (Wildman–Crippen MR) is 334 cm³/mol. The molecule has 0 spiro atoms. The van der Waals surface area contributed by atoms with Crippen LogP contribution in [0.4, 0.5) is 28.4 Å². The van der Waals surface area contributed by atoms with E-state index in [9.17, 15) is 0 Å². The molecule has 0 bridgehead atoms. The van der Waals surface area contributed by atoms with Crippen molar-refractivity contribution in [3.8, 4) is 55.8 Å². The van der Waals surface area contributed by atoms with Gasteiger partial charge in [-0.3, -0.25) is 0 Å². The lowest BCUT2D eigenvalue weighted by Gasteiger charge is -2.47. The Bertz CT molecular complexity index is 4420. The Kier molecular flexibility index (Phi) is 10.1. The molecule has 1 aliphatic carbocycles. The molecule has 376 valence electrons. The van der Waals surface area contributed by atoms with E-state index in [-0.39, 0.29) is 23.1 Å². The van der Waals surface area contributed by atoms with Crippen molar-refractivity contribution in [1.29, 1.82) is 0 Å². The van der Waals surface area contributed by atoms with E-state index in [1.807, 2.05) is 11.3 Å². The molecule has 78 heavy (non-hydrogen) atoms. The highest BCUT2D eigenvalue weighted by atomic mass is 32.1. The molecular formula is C73H59BN2OS. The third-order valence-electron chi connectivity index (χ3n) is 17.3. The van der Waals surface area contributed by atoms with Gasteiger partial charge in [0, 0.05) is 76.0 Å². The summed E-state index contributed by atoms with van der Waals surface area (Å²) in [6, 6.07) is 80.1. The number of thiophene rings is 1. The van der Waals surface area contributed by atoms with Gasteiger partial charge in [0.25, 0.3) is 0 Å². The van der Waals surface area contributed by atoms with Crippen molar-refractivity contribution < 1.29 is 4.42 Å². The van der Waals surface area contributed by atoms with Gasteiger partial charge < -0.3 is 14.1 Å². The van der Waals surface area contributed by atoms with E-state index in [0.29, 0.717) is 0 Å². The van der Waals surface area contributed by atoms with E-state index in [2.05, 4.69) is 277 Å². The number of hydrogen-bond acceptors (Lipinski definition) is 4. The number of nitrogens with zero attached hydrogens (tertiary/aromatic N) is 2. The molecule has 12 aromatic rings. The van der Waals surface area contributed by atoms with E-state index < -0.39 is 0 Å². The SMILES string of the molecule is CC(C)(C)c1ccc(N2B3c4cc5oc(-c6ccccc6)c(-c6ccccc6)c5cc4N(c4ccc(C(C)(C)C)cc4-c4ccccc4)c4cc5c(c(c43)-c3cc4c(cc32)sc2ccccc24)C(C)(C)c2ccccc2-5)cc1. The van der Waals surface area contributed by atoms with Gasteiger partial charge >= 0.3 is 6.85 Å². The first-order valence-electron chi connectivity index (χ1n) is 27.6. The van der Waals surface area contributed by atoms with E-state index in [0.717, 1.165) is 50.5 Å². The molecule has 15 rings (SSSR count). The summed E-state index contributed by atoms with van der Waals surface area (Å²) in [5.41, 5.74) is 25.0. The van der Waals surface area contributed by atoms with Crippen molar-refractivity contribution in [1.82, 2.24) is 0 Å².